The third-order valence-corrected chi connectivity index (χ3v) is 5.24. The van der Waals surface area contributed by atoms with Crippen molar-refractivity contribution < 1.29 is 4.79 Å². The van der Waals surface area contributed by atoms with Crippen molar-refractivity contribution in [2.24, 2.45) is 5.41 Å². The Morgan fingerprint density at radius 2 is 2.16 bits per heavy atom. The number of thioether (sulfide) groups is 1. The van der Waals surface area contributed by atoms with E-state index < -0.39 is 0 Å². The van der Waals surface area contributed by atoms with Crippen LogP contribution in [0.3, 0.4) is 0 Å². The number of nitrogens with one attached hydrogen (secondary N) is 1. The Labute approximate surface area is 127 Å². The Balaban J connectivity index is 0.00000180. The highest BCUT2D eigenvalue weighted by Crippen LogP contribution is 2.30. The number of hydrogen-bond acceptors (Lipinski definition) is 3. The van der Waals surface area contributed by atoms with E-state index in [-0.39, 0.29) is 12.4 Å². The maximum absolute atomic E-state index is 12.3. The van der Waals surface area contributed by atoms with Crippen LogP contribution in [0, 0.1) is 5.41 Å². The van der Waals surface area contributed by atoms with E-state index in [0.29, 0.717) is 23.8 Å². The van der Waals surface area contributed by atoms with Gasteiger partial charge in [-0.05, 0) is 24.7 Å². The summed E-state index contributed by atoms with van der Waals surface area (Å²) < 4.78 is 0. The number of carbonyl (C=O) groups is 1. The minimum absolute atomic E-state index is 0. The summed E-state index contributed by atoms with van der Waals surface area (Å²) in [5, 5.41) is 3.45. The van der Waals surface area contributed by atoms with E-state index in [1.165, 1.54) is 12.2 Å². The Kier molecular flexibility index (Phi) is 6.98. The van der Waals surface area contributed by atoms with Crippen molar-refractivity contribution in [2.45, 2.75) is 45.6 Å². The topological polar surface area (TPSA) is 32.3 Å². The van der Waals surface area contributed by atoms with Crippen LogP contribution in [0.2, 0.25) is 0 Å². The van der Waals surface area contributed by atoms with Gasteiger partial charge < -0.3 is 10.2 Å². The van der Waals surface area contributed by atoms with Gasteiger partial charge in [0, 0.05) is 43.6 Å². The van der Waals surface area contributed by atoms with E-state index in [4.69, 9.17) is 0 Å². The average Bonchev–Trinajstić information content (AvgIpc) is 2.51. The zero-order valence-corrected chi connectivity index (χ0v) is 13.7. The van der Waals surface area contributed by atoms with E-state index in [1.54, 1.807) is 0 Å². The van der Waals surface area contributed by atoms with Crippen LogP contribution in [0.5, 0.6) is 0 Å². The molecule has 2 rings (SSSR count). The lowest BCUT2D eigenvalue weighted by atomic mass is 9.85. The molecule has 0 bridgehead atoms. The Morgan fingerprint density at radius 1 is 1.37 bits per heavy atom. The normalized spacial score (nSPS) is 27.3. The van der Waals surface area contributed by atoms with Crippen LogP contribution in [0.4, 0.5) is 0 Å². The summed E-state index contributed by atoms with van der Waals surface area (Å²) in [5.41, 5.74) is 0.411. The fourth-order valence-electron chi connectivity index (χ4n) is 2.76. The Morgan fingerprint density at radius 3 is 2.84 bits per heavy atom. The summed E-state index contributed by atoms with van der Waals surface area (Å²) in [4.78, 5) is 14.4. The number of hydrogen-bond donors (Lipinski definition) is 1. The third kappa shape index (κ3) is 5.52. The first-order chi connectivity index (χ1) is 8.57. The smallest absolute Gasteiger partial charge is 0.224 e. The van der Waals surface area contributed by atoms with Crippen LogP contribution in [0.1, 0.15) is 39.5 Å². The molecular weight excluding hydrogens is 280 g/mol. The summed E-state index contributed by atoms with van der Waals surface area (Å²) in [6.45, 7) is 7.60. The molecule has 0 aromatic carbocycles. The second kappa shape index (κ2) is 7.75. The van der Waals surface area contributed by atoms with Gasteiger partial charge in [-0.3, -0.25) is 4.79 Å². The molecule has 2 saturated heterocycles. The lowest BCUT2D eigenvalue weighted by molar-refractivity contribution is -0.131. The van der Waals surface area contributed by atoms with Gasteiger partial charge in [-0.2, -0.15) is 11.8 Å². The molecule has 1 atom stereocenters. The first-order valence-corrected chi connectivity index (χ1v) is 8.31. The van der Waals surface area contributed by atoms with Gasteiger partial charge in [-0.25, -0.2) is 0 Å². The highest BCUT2D eigenvalue weighted by Gasteiger charge is 2.26. The van der Waals surface area contributed by atoms with Crippen LogP contribution in [0.15, 0.2) is 0 Å². The highest BCUT2D eigenvalue weighted by molar-refractivity contribution is 7.99. The van der Waals surface area contributed by atoms with Gasteiger partial charge in [-0.1, -0.05) is 13.8 Å². The number of carbonyl (C=O) groups excluding carboxylic acids is 1. The van der Waals surface area contributed by atoms with Crippen molar-refractivity contribution >= 4 is 30.1 Å². The molecule has 0 aromatic rings. The summed E-state index contributed by atoms with van der Waals surface area (Å²) in [7, 11) is 0. The third-order valence-electron chi connectivity index (χ3n) is 4.11. The summed E-state index contributed by atoms with van der Waals surface area (Å²) in [6, 6.07) is 0.396. The van der Waals surface area contributed by atoms with Gasteiger partial charge >= 0.3 is 0 Å². The van der Waals surface area contributed by atoms with Gasteiger partial charge in [0.25, 0.3) is 0 Å². The van der Waals surface area contributed by atoms with Crippen LogP contribution in [-0.4, -0.2) is 48.0 Å². The highest BCUT2D eigenvalue weighted by atomic mass is 35.5. The predicted molar refractivity (Wildman–Crippen MR) is 85.2 cm³/mol. The van der Waals surface area contributed by atoms with E-state index in [2.05, 4.69) is 24.1 Å². The lowest BCUT2D eigenvalue weighted by Gasteiger charge is -2.27. The standard InChI is InChI=1S/C14H26N2OS.ClH/c1-14(2)4-3-7-16(8-5-14)13(17)10-12-11-18-9-6-15-12;/h12,15H,3-11H2,1-2H3;1H. The van der Waals surface area contributed by atoms with Crippen molar-refractivity contribution in [3.05, 3.63) is 0 Å². The number of nitrogens with zero attached hydrogens (tertiary/aromatic N) is 1. The molecule has 1 N–H and O–H groups in total. The molecule has 0 spiro atoms. The number of likely N-dealkylation sites (tertiary alicyclic amines) is 1. The van der Waals surface area contributed by atoms with Crippen LogP contribution < -0.4 is 5.32 Å². The molecule has 112 valence electrons. The first-order valence-electron chi connectivity index (χ1n) is 7.16. The van der Waals surface area contributed by atoms with Gasteiger partial charge in [0.15, 0.2) is 0 Å². The zero-order chi connectivity index (χ0) is 13.0. The fourth-order valence-corrected chi connectivity index (χ4v) is 3.71. The zero-order valence-electron chi connectivity index (χ0n) is 12.1. The molecule has 1 amide bonds. The second-order valence-corrected chi connectivity index (χ2v) is 7.48. The van der Waals surface area contributed by atoms with Gasteiger partial charge in [0.2, 0.25) is 5.91 Å². The van der Waals surface area contributed by atoms with E-state index in [0.717, 1.165) is 38.2 Å². The first kappa shape index (κ1) is 17.1. The molecule has 2 aliphatic rings. The molecule has 0 aliphatic carbocycles. The Hall–Kier alpha value is 0.0700. The molecular formula is C14H27ClN2OS. The van der Waals surface area contributed by atoms with Crippen LogP contribution in [-0.2, 0) is 4.79 Å². The maximum Gasteiger partial charge on any atom is 0.224 e. The molecule has 19 heavy (non-hydrogen) atoms. The number of rotatable bonds is 2. The monoisotopic (exact) mass is 306 g/mol. The van der Waals surface area contributed by atoms with Crippen molar-refractivity contribution in [3.63, 3.8) is 0 Å². The van der Waals surface area contributed by atoms with E-state index in [1.807, 2.05) is 11.8 Å². The van der Waals surface area contributed by atoms with Crippen molar-refractivity contribution in [2.75, 3.05) is 31.1 Å². The summed E-state index contributed by atoms with van der Waals surface area (Å²) in [5.74, 6) is 2.63. The van der Waals surface area contributed by atoms with Gasteiger partial charge in [-0.15, -0.1) is 12.4 Å². The van der Waals surface area contributed by atoms with Crippen molar-refractivity contribution in [1.29, 1.82) is 0 Å². The van der Waals surface area contributed by atoms with Crippen LogP contribution >= 0.6 is 24.2 Å². The molecule has 2 heterocycles. The van der Waals surface area contributed by atoms with Crippen molar-refractivity contribution in [1.82, 2.24) is 10.2 Å². The lowest BCUT2D eigenvalue weighted by Crippen LogP contribution is -2.43. The number of amides is 1. The molecule has 2 fully saturated rings. The quantitative estimate of drug-likeness (QED) is 0.851. The molecule has 2 aliphatic heterocycles. The predicted octanol–water partition coefficient (Wildman–Crippen LogP) is 2.54. The van der Waals surface area contributed by atoms with Crippen LogP contribution in [0.25, 0.3) is 0 Å². The van der Waals surface area contributed by atoms with E-state index >= 15 is 0 Å². The average molecular weight is 307 g/mol. The Bertz CT molecular complexity index is 293. The van der Waals surface area contributed by atoms with Crippen molar-refractivity contribution in [3.8, 4) is 0 Å². The molecule has 5 heteroatoms. The number of halogens is 1. The largest absolute Gasteiger partial charge is 0.343 e. The summed E-state index contributed by atoms with van der Waals surface area (Å²) >= 11 is 1.96. The minimum Gasteiger partial charge on any atom is -0.343 e. The minimum atomic E-state index is 0. The maximum atomic E-state index is 12.3. The molecule has 0 saturated carbocycles. The summed E-state index contributed by atoms with van der Waals surface area (Å²) in [6.07, 6.45) is 4.24. The molecule has 3 nitrogen and oxygen atoms in total. The fraction of sp³-hybridized carbons (Fsp3) is 0.929. The molecule has 1 unspecified atom stereocenters. The molecule has 0 aromatic heterocycles. The second-order valence-electron chi connectivity index (χ2n) is 6.33. The van der Waals surface area contributed by atoms with Gasteiger partial charge in [0.05, 0.1) is 0 Å². The van der Waals surface area contributed by atoms with Gasteiger partial charge in [0.1, 0.15) is 0 Å². The van der Waals surface area contributed by atoms with E-state index in [9.17, 15) is 4.79 Å². The molecule has 0 radical (unpaired) electrons. The SMILES string of the molecule is CC1(C)CCCN(C(=O)CC2CSCCN2)CC1.Cl.